The topological polar surface area (TPSA) is 0 Å². The van der Waals surface area contributed by atoms with Crippen LogP contribution in [0.3, 0.4) is 0 Å². The molecule has 46 heavy (non-hydrogen) atoms. The summed E-state index contributed by atoms with van der Waals surface area (Å²) < 4.78 is 0. The van der Waals surface area contributed by atoms with Gasteiger partial charge >= 0.3 is 25.8 Å². The Morgan fingerprint density at radius 2 is 0.891 bits per heavy atom. The molecule has 0 saturated carbocycles. The summed E-state index contributed by atoms with van der Waals surface area (Å²) in [4.78, 5) is 0. The van der Waals surface area contributed by atoms with Crippen LogP contribution in [-0.4, -0.2) is 24.2 Å². The van der Waals surface area contributed by atoms with E-state index in [9.17, 15) is 0 Å². The van der Waals surface area contributed by atoms with Crippen molar-refractivity contribution < 1.29 is 25.8 Å². The van der Waals surface area contributed by atoms with Gasteiger partial charge in [-0.05, 0) is 11.1 Å². The van der Waals surface area contributed by atoms with Gasteiger partial charge in [-0.15, -0.1) is 68.3 Å². The zero-order valence-electron chi connectivity index (χ0n) is 29.8. The molecule has 0 unspecified atom stereocenters. The second-order valence-corrected chi connectivity index (χ2v) is 29.3. The third-order valence-corrected chi connectivity index (χ3v) is 18.4. The van der Waals surface area contributed by atoms with Gasteiger partial charge in [-0.3, -0.25) is 0 Å². The molecule has 0 nitrogen and oxygen atoms in total. The number of hydrogen-bond donors (Lipinski definition) is 0. The number of fused-ring (bicyclic) bond motifs is 2. The van der Waals surface area contributed by atoms with Gasteiger partial charge < -0.3 is 14.9 Å². The van der Waals surface area contributed by atoms with Crippen molar-refractivity contribution >= 4 is 66.5 Å². The van der Waals surface area contributed by atoms with Crippen molar-refractivity contribution in [3.63, 3.8) is 0 Å². The van der Waals surface area contributed by atoms with Crippen LogP contribution in [-0.2, 0) is 25.8 Å². The molecule has 4 heteroatoms. The minimum atomic E-state index is -1.97. The van der Waals surface area contributed by atoms with Gasteiger partial charge in [0.05, 0.1) is 24.2 Å². The maximum Gasteiger partial charge on any atom is 4.00 e. The van der Waals surface area contributed by atoms with Gasteiger partial charge in [0.2, 0.25) is 0 Å². The Labute approximate surface area is 301 Å². The van der Waals surface area contributed by atoms with E-state index < -0.39 is 24.2 Å². The van der Waals surface area contributed by atoms with E-state index in [1.807, 2.05) is 0 Å². The quantitative estimate of drug-likeness (QED) is 0.106. The fourth-order valence-electron chi connectivity index (χ4n) is 6.86. The molecule has 0 aromatic heterocycles. The summed E-state index contributed by atoms with van der Waals surface area (Å²) in [5.74, 6) is 0. The van der Waals surface area contributed by atoms with Crippen LogP contribution in [0, 0.1) is 14.9 Å². The Morgan fingerprint density at radius 1 is 0.522 bits per heavy atom. The summed E-state index contributed by atoms with van der Waals surface area (Å²) in [5, 5.41) is 11.7. The molecule has 0 saturated heterocycles. The molecule has 6 aromatic rings. The van der Waals surface area contributed by atoms with Crippen molar-refractivity contribution in [2.24, 2.45) is 0 Å². The van der Waals surface area contributed by atoms with Crippen LogP contribution in [0.4, 0.5) is 0 Å². The van der Waals surface area contributed by atoms with Gasteiger partial charge in [-0.1, -0.05) is 147 Å². The van der Waals surface area contributed by atoms with Crippen LogP contribution < -0.4 is 20.7 Å². The molecular weight excluding hydrogens is 767 g/mol. The zero-order valence-corrected chi connectivity index (χ0v) is 36.4. The van der Waals surface area contributed by atoms with Crippen molar-refractivity contribution in [3.05, 3.63) is 124 Å². The van der Waals surface area contributed by atoms with E-state index in [0.29, 0.717) is 0 Å². The molecule has 0 atom stereocenters. The standard InChI is InChI=1S/C40H46Si3.2CH3.Hf/c1-9-24-43(8,35-25-31-12-10-14-37(39(31)27-35)29-16-20-33(21-17-29)41(2,3)4)36-26-32-13-11-15-38(40(32)28-36)30-18-22-34(23-19-30)42(5,6)7;;;/h10-23,25-28H,9,24H2,1-8H3;2*1H3;/q-2;2*-1;+4. The van der Waals surface area contributed by atoms with E-state index >= 15 is 0 Å². The van der Waals surface area contributed by atoms with E-state index in [4.69, 9.17) is 0 Å². The van der Waals surface area contributed by atoms with Crippen molar-refractivity contribution in [2.75, 3.05) is 0 Å². The average Bonchev–Trinajstić information content (AvgIpc) is 3.62. The smallest absolute Gasteiger partial charge is 0.358 e. The monoisotopic (exact) mass is 820 g/mol. The zero-order chi connectivity index (χ0) is 30.6. The number of rotatable bonds is 8. The van der Waals surface area contributed by atoms with E-state index in [0.717, 1.165) is 0 Å². The molecule has 0 aliphatic carbocycles. The molecule has 0 spiro atoms. The second kappa shape index (κ2) is 14.4. The summed E-state index contributed by atoms with van der Waals surface area (Å²) in [5.41, 5.74) is 5.37. The van der Waals surface area contributed by atoms with Gasteiger partial charge in [-0.2, -0.15) is 12.1 Å². The molecular formula is C42H52HfSi3. The Hall–Kier alpha value is -2.38. The molecule has 6 aromatic carbocycles. The van der Waals surface area contributed by atoms with E-state index in [-0.39, 0.29) is 40.7 Å². The molecule has 0 aliphatic rings. The molecule has 0 radical (unpaired) electrons. The van der Waals surface area contributed by atoms with Crippen molar-refractivity contribution in [2.45, 2.75) is 65.2 Å². The maximum atomic E-state index is 2.60. The molecule has 0 heterocycles. The molecule has 0 bridgehead atoms. The molecule has 0 amide bonds. The molecule has 0 N–H and O–H groups in total. The predicted molar refractivity (Wildman–Crippen MR) is 215 cm³/mol. The van der Waals surface area contributed by atoms with Gasteiger partial charge in [0.15, 0.2) is 0 Å². The van der Waals surface area contributed by atoms with Gasteiger partial charge in [0.25, 0.3) is 0 Å². The van der Waals surface area contributed by atoms with Crippen molar-refractivity contribution in [3.8, 4) is 22.3 Å². The van der Waals surface area contributed by atoms with Crippen molar-refractivity contribution in [1.82, 2.24) is 0 Å². The molecule has 6 rings (SSSR count). The van der Waals surface area contributed by atoms with Crippen LogP contribution in [0.25, 0.3) is 43.8 Å². The first-order valence-corrected chi connectivity index (χ1v) is 25.7. The fraction of sp³-hybridized carbons (Fsp3) is 0.238. The SMILES string of the molecule is CCC[Si](C)(c1cc2c(-c3ccc([Si](C)(C)C)cc3)cccc2[cH-]1)c1cc2c(-c3ccc([Si](C)(C)C)cc3)cccc2[cH-]1.[CH3-].[CH3-].[Hf+4]. The third kappa shape index (κ3) is 7.21. The predicted octanol–water partition coefficient (Wildman–Crippen LogP) is 10.4. The van der Waals surface area contributed by atoms with E-state index in [1.165, 1.54) is 66.6 Å². The van der Waals surface area contributed by atoms with E-state index in [1.54, 1.807) is 10.4 Å². The third-order valence-electron chi connectivity index (χ3n) is 9.65. The maximum absolute atomic E-state index is 2.60. The average molecular weight is 820 g/mol. The Kier molecular flexibility index (Phi) is 11.9. The van der Waals surface area contributed by atoms with Gasteiger partial charge in [0, 0.05) is 0 Å². The van der Waals surface area contributed by atoms with Crippen molar-refractivity contribution in [1.29, 1.82) is 0 Å². The largest absolute Gasteiger partial charge is 4.00 e. The molecule has 0 fully saturated rings. The van der Waals surface area contributed by atoms with Gasteiger partial charge in [0.1, 0.15) is 0 Å². The summed E-state index contributed by atoms with van der Waals surface area (Å²) in [7, 11) is -4.62. The Bertz CT molecular complexity index is 1760. The van der Waals surface area contributed by atoms with Crippen LogP contribution in [0.15, 0.2) is 109 Å². The first-order chi connectivity index (χ1) is 20.4. The minimum absolute atomic E-state index is 0. The van der Waals surface area contributed by atoms with Gasteiger partial charge in [-0.25, -0.2) is 0 Å². The van der Waals surface area contributed by atoms with Crippen LogP contribution in [0.1, 0.15) is 13.3 Å². The van der Waals surface area contributed by atoms with Crippen LogP contribution in [0.5, 0.6) is 0 Å². The fourth-order valence-corrected chi connectivity index (χ4v) is 13.0. The Balaban J connectivity index is 0.00000192. The Morgan fingerprint density at radius 3 is 1.22 bits per heavy atom. The number of hydrogen-bond acceptors (Lipinski definition) is 0. The summed E-state index contributed by atoms with van der Waals surface area (Å²) >= 11 is 0. The minimum Gasteiger partial charge on any atom is -0.358 e. The normalized spacial score (nSPS) is 12.0. The second-order valence-electron chi connectivity index (χ2n) is 14.8. The molecule has 0 aliphatic heterocycles. The first kappa shape index (κ1) is 38.1. The van der Waals surface area contributed by atoms with E-state index in [2.05, 4.69) is 162 Å². The summed E-state index contributed by atoms with van der Waals surface area (Å²) in [6.45, 7) is 19.5. The summed E-state index contributed by atoms with van der Waals surface area (Å²) in [6, 6.07) is 44.0. The first-order valence-electron chi connectivity index (χ1n) is 16.0. The molecule has 236 valence electrons. The summed E-state index contributed by atoms with van der Waals surface area (Å²) in [6.07, 6.45) is 1.20. The van der Waals surface area contributed by atoms with Crippen LogP contribution >= 0.6 is 0 Å². The number of benzene rings is 4. The van der Waals surface area contributed by atoms with Crippen LogP contribution in [0.2, 0.25) is 51.9 Å².